The lowest BCUT2D eigenvalue weighted by molar-refractivity contribution is -0.223. The molecule has 1 spiro atoms. The maximum atomic E-state index is 13.0. The van der Waals surface area contributed by atoms with Gasteiger partial charge >= 0.3 is 0 Å². The molecule has 2 atom stereocenters. The second-order valence-electron chi connectivity index (χ2n) is 6.80. The largest absolute Gasteiger partial charge is 0.345 e. The predicted molar refractivity (Wildman–Crippen MR) is 96.0 cm³/mol. The first kappa shape index (κ1) is 17.9. The van der Waals surface area contributed by atoms with Crippen LogP contribution in [0.1, 0.15) is 29.6 Å². The minimum Gasteiger partial charge on any atom is -0.345 e. The fraction of sp³-hybridized carbons (Fsp3) is 0.611. The Bertz CT molecular complexity index is 584. The molecule has 2 fully saturated rings. The SMILES string of the molecule is CN(C)C1CCCC2(OCCO2)C1N(C)C(=O)c1ccc(Br)cc1. The Morgan fingerprint density at radius 1 is 1.17 bits per heavy atom. The monoisotopic (exact) mass is 396 g/mol. The van der Waals surface area contributed by atoms with Crippen LogP contribution in [0.25, 0.3) is 0 Å². The fourth-order valence-corrected chi connectivity index (χ4v) is 4.22. The number of rotatable bonds is 3. The number of nitrogens with zero attached hydrogens (tertiary/aromatic N) is 2. The third-order valence-electron chi connectivity index (χ3n) is 5.11. The molecule has 0 N–H and O–H groups in total. The normalized spacial score (nSPS) is 26.0. The van der Waals surface area contributed by atoms with E-state index in [9.17, 15) is 4.79 Å². The first-order valence-corrected chi connectivity index (χ1v) is 9.21. The molecule has 6 heteroatoms. The zero-order chi connectivity index (χ0) is 17.3. The van der Waals surface area contributed by atoms with Crippen molar-refractivity contribution >= 4 is 21.8 Å². The highest BCUT2D eigenvalue weighted by molar-refractivity contribution is 9.10. The Morgan fingerprint density at radius 3 is 2.38 bits per heavy atom. The zero-order valence-corrected chi connectivity index (χ0v) is 16.1. The quantitative estimate of drug-likeness (QED) is 0.787. The molecular weight excluding hydrogens is 372 g/mol. The zero-order valence-electron chi connectivity index (χ0n) is 14.5. The Morgan fingerprint density at radius 2 is 1.79 bits per heavy atom. The summed E-state index contributed by atoms with van der Waals surface area (Å²) in [4.78, 5) is 17.0. The number of ether oxygens (including phenoxy) is 2. The molecule has 3 rings (SSSR count). The van der Waals surface area contributed by atoms with Crippen LogP contribution < -0.4 is 0 Å². The van der Waals surface area contributed by atoms with Crippen molar-refractivity contribution in [1.29, 1.82) is 0 Å². The van der Waals surface area contributed by atoms with E-state index in [-0.39, 0.29) is 18.0 Å². The lowest BCUT2D eigenvalue weighted by Crippen LogP contribution is -2.64. The standard InChI is InChI=1S/C18H25BrN2O3/c1-20(2)15-5-4-10-18(23-11-12-24-18)16(15)21(3)17(22)13-6-8-14(19)9-7-13/h6-9,15-16H,4-5,10-12H2,1-3H3. The Hall–Kier alpha value is -0.950. The number of carbonyl (C=O) groups is 1. The third kappa shape index (κ3) is 3.25. The number of likely N-dealkylation sites (N-methyl/N-ethyl adjacent to an activating group) is 2. The molecule has 24 heavy (non-hydrogen) atoms. The van der Waals surface area contributed by atoms with Crippen molar-refractivity contribution < 1.29 is 14.3 Å². The second kappa shape index (κ2) is 7.12. The van der Waals surface area contributed by atoms with Crippen molar-refractivity contribution in [3.8, 4) is 0 Å². The minimum atomic E-state index is -0.674. The van der Waals surface area contributed by atoms with Gasteiger partial charge in [-0.2, -0.15) is 0 Å². The Kier molecular flexibility index (Phi) is 5.30. The van der Waals surface area contributed by atoms with E-state index in [0.717, 1.165) is 23.7 Å². The highest BCUT2D eigenvalue weighted by Gasteiger charge is 2.53. The Balaban J connectivity index is 1.91. The molecule has 1 aliphatic carbocycles. The summed E-state index contributed by atoms with van der Waals surface area (Å²) in [7, 11) is 5.98. The van der Waals surface area contributed by atoms with Crippen molar-refractivity contribution in [3.63, 3.8) is 0 Å². The van der Waals surface area contributed by atoms with E-state index < -0.39 is 5.79 Å². The van der Waals surface area contributed by atoms with E-state index in [0.29, 0.717) is 18.8 Å². The molecule has 0 radical (unpaired) electrons. The van der Waals surface area contributed by atoms with E-state index >= 15 is 0 Å². The van der Waals surface area contributed by atoms with Crippen LogP contribution in [0, 0.1) is 0 Å². The van der Waals surface area contributed by atoms with Gasteiger partial charge in [0.25, 0.3) is 5.91 Å². The summed E-state index contributed by atoms with van der Waals surface area (Å²) >= 11 is 3.41. The molecule has 2 unspecified atom stereocenters. The smallest absolute Gasteiger partial charge is 0.254 e. The Labute approximate surface area is 152 Å². The van der Waals surface area contributed by atoms with Crippen molar-refractivity contribution in [1.82, 2.24) is 9.80 Å². The molecule has 2 aliphatic rings. The van der Waals surface area contributed by atoms with E-state index in [1.165, 1.54) is 0 Å². The lowest BCUT2D eigenvalue weighted by atomic mass is 9.83. The van der Waals surface area contributed by atoms with Gasteiger partial charge in [-0.25, -0.2) is 0 Å². The van der Waals surface area contributed by atoms with Gasteiger partial charge < -0.3 is 19.3 Å². The van der Waals surface area contributed by atoms with Crippen LogP contribution in [-0.2, 0) is 9.47 Å². The average Bonchev–Trinajstić information content (AvgIpc) is 3.02. The highest BCUT2D eigenvalue weighted by atomic mass is 79.9. The fourth-order valence-electron chi connectivity index (χ4n) is 3.96. The molecule has 0 aromatic heterocycles. The van der Waals surface area contributed by atoms with Gasteiger partial charge in [0, 0.05) is 29.5 Å². The molecule has 1 heterocycles. The maximum Gasteiger partial charge on any atom is 0.254 e. The molecular formula is C18H25BrN2O3. The van der Waals surface area contributed by atoms with Crippen LogP contribution in [0.5, 0.6) is 0 Å². The highest BCUT2D eigenvalue weighted by Crippen LogP contribution is 2.40. The van der Waals surface area contributed by atoms with Crippen LogP contribution >= 0.6 is 15.9 Å². The van der Waals surface area contributed by atoms with Crippen LogP contribution in [0.2, 0.25) is 0 Å². The molecule has 1 saturated carbocycles. The third-order valence-corrected chi connectivity index (χ3v) is 5.64. The summed E-state index contributed by atoms with van der Waals surface area (Å²) in [5.41, 5.74) is 0.678. The predicted octanol–water partition coefficient (Wildman–Crippen LogP) is 2.75. The van der Waals surface area contributed by atoms with Gasteiger partial charge in [0.2, 0.25) is 0 Å². The van der Waals surface area contributed by atoms with E-state index in [1.807, 2.05) is 36.2 Å². The van der Waals surface area contributed by atoms with Crippen molar-refractivity contribution in [2.45, 2.75) is 37.1 Å². The van der Waals surface area contributed by atoms with E-state index in [4.69, 9.17) is 9.47 Å². The van der Waals surface area contributed by atoms with Gasteiger partial charge in [0.1, 0.15) is 6.04 Å². The molecule has 1 aromatic rings. The summed E-state index contributed by atoms with van der Waals surface area (Å²) < 4.78 is 13.1. The molecule has 1 aromatic carbocycles. The van der Waals surface area contributed by atoms with Crippen molar-refractivity contribution in [2.75, 3.05) is 34.4 Å². The molecule has 132 valence electrons. The first-order chi connectivity index (χ1) is 11.4. The van der Waals surface area contributed by atoms with Crippen molar-refractivity contribution in [3.05, 3.63) is 34.3 Å². The average molecular weight is 397 g/mol. The maximum absolute atomic E-state index is 13.0. The van der Waals surface area contributed by atoms with Gasteiger partial charge in [0.15, 0.2) is 5.79 Å². The molecule has 1 amide bonds. The number of hydrogen-bond donors (Lipinski definition) is 0. The molecule has 1 aliphatic heterocycles. The van der Waals surface area contributed by atoms with Gasteiger partial charge in [-0.1, -0.05) is 15.9 Å². The number of benzene rings is 1. The van der Waals surface area contributed by atoms with E-state index in [2.05, 4.69) is 34.9 Å². The van der Waals surface area contributed by atoms with Gasteiger partial charge in [0.05, 0.1) is 13.2 Å². The van der Waals surface area contributed by atoms with E-state index in [1.54, 1.807) is 0 Å². The molecule has 5 nitrogen and oxygen atoms in total. The number of halogens is 1. The number of amides is 1. The summed E-state index contributed by atoms with van der Waals surface area (Å²) in [5, 5.41) is 0. The van der Waals surface area contributed by atoms with Crippen molar-refractivity contribution in [2.24, 2.45) is 0 Å². The summed E-state index contributed by atoms with van der Waals surface area (Å²) in [6, 6.07) is 7.56. The lowest BCUT2D eigenvalue weighted by Gasteiger charge is -2.50. The van der Waals surface area contributed by atoms with Gasteiger partial charge in [-0.05, 0) is 51.2 Å². The van der Waals surface area contributed by atoms with Gasteiger partial charge in [-0.15, -0.1) is 0 Å². The number of hydrogen-bond acceptors (Lipinski definition) is 4. The van der Waals surface area contributed by atoms with Crippen LogP contribution in [0.4, 0.5) is 0 Å². The van der Waals surface area contributed by atoms with Crippen LogP contribution in [0.15, 0.2) is 28.7 Å². The van der Waals surface area contributed by atoms with Crippen LogP contribution in [-0.4, -0.2) is 67.9 Å². The summed E-state index contributed by atoms with van der Waals surface area (Å²) in [6.45, 7) is 1.19. The number of carbonyl (C=O) groups excluding carboxylic acids is 1. The summed E-state index contributed by atoms with van der Waals surface area (Å²) in [5.74, 6) is -0.674. The molecule has 1 saturated heterocycles. The van der Waals surface area contributed by atoms with Gasteiger partial charge in [-0.3, -0.25) is 4.79 Å². The molecule has 0 bridgehead atoms. The second-order valence-corrected chi connectivity index (χ2v) is 7.72. The topological polar surface area (TPSA) is 42.0 Å². The summed E-state index contributed by atoms with van der Waals surface area (Å²) in [6.07, 6.45) is 2.91. The van der Waals surface area contributed by atoms with Crippen LogP contribution in [0.3, 0.4) is 0 Å². The minimum absolute atomic E-state index is 0.000255. The first-order valence-electron chi connectivity index (χ1n) is 8.42.